The highest BCUT2D eigenvalue weighted by atomic mass is 79.9. The number of hydrogen-bond acceptors (Lipinski definition) is 3. The second-order valence-electron chi connectivity index (χ2n) is 6.73. The molecule has 1 saturated heterocycles. The smallest absolute Gasteiger partial charge is 0.308 e. The molecule has 2 atom stereocenters. The minimum atomic E-state index is -0.785. The van der Waals surface area contributed by atoms with E-state index in [1.54, 1.807) is 4.90 Å². The summed E-state index contributed by atoms with van der Waals surface area (Å²) in [4.78, 5) is 25.8. The molecule has 2 N–H and O–H groups in total. The molecular weight excluding hydrogens is 350 g/mol. The Bertz CT molecular complexity index is 636. The summed E-state index contributed by atoms with van der Waals surface area (Å²) < 4.78 is 0.752. The number of carboxylic acids is 1. The van der Waals surface area contributed by atoms with Crippen LogP contribution in [-0.4, -0.2) is 45.2 Å². The van der Waals surface area contributed by atoms with Gasteiger partial charge in [-0.05, 0) is 53.4 Å². The van der Waals surface area contributed by atoms with Gasteiger partial charge in [-0.1, -0.05) is 0 Å². The average Bonchev–Trinajstić information content (AvgIpc) is 3.41. The van der Waals surface area contributed by atoms with Crippen LogP contribution in [0.4, 0.5) is 0 Å². The molecule has 1 aromatic rings. The molecule has 0 unspecified atom stereocenters. The first kappa shape index (κ1) is 14.2. The van der Waals surface area contributed by atoms with Crippen molar-refractivity contribution in [2.45, 2.75) is 31.6 Å². The van der Waals surface area contributed by atoms with Crippen LogP contribution in [0.25, 0.3) is 0 Å². The predicted molar refractivity (Wildman–Crippen MR) is 81.5 cm³/mol. The highest BCUT2D eigenvalue weighted by molar-refractivity contribution is 9.10. The third-order valence-electron chi connectivity index (χ3n) is 5.12. The molecule has 6 nitrogen and oxygen atoms in total. The van der Waals surface area contributed by atoms with Crippen LogP contribution >= 0.6 is 15.9 Å². The molecule has 7 heteroatoms. The number of amides is 1. The standard InChI is InChI=1S/C15H18BrN3O3/c16-11-12(8-3-4-8)17-18-13(11)14(20)19-5-9(7-1-2-7)10(6-19)15(21)22/h7-10H,1-6H2,(H,17,18)(H,21,22)/t9-,10+/m1/s1. The lowest BCUT2D eigenvalue weighted by molar-refractivity contribution is -0.142. The van der Waals surface area contributed by atoms with Gasteiger partial charge in [-0.25, -0.2) is 0 Å². The van der Waals surface area contributed by atoms with Crippen molar-refractivity contribution in [3.8, 4) is 0 Å². The molecule has 3 fully saturated rings. The Morgan fingerprint density at radius 1 is 1.23 bits per heavy atom. The van der Waals surface area contributed by atoms with E-state index in [-0.39, 0.29) is 11.8 Å². The van der Waals surface area contributed by atoms with Crippen LogP contribution in [0.2, 0.25) is 0 Å². The van der Waals surface area contributed by atoms with Gasteiger partial charge in [0, 0.05) is 19.0 Å². The molecule has 1 aliphatic heterocycles. The highest BCUT2D eigenvalue weighted by Gasteiger charge is 2.47. The summed E-state index contributed by atoms with van der Waals surface area (Å²) >= 11 is 3.48. The number of H-pyrrole nitrogens is 1. The summed E-state index contributed by atoms with van der Waals surface area (Å²) in [5.41, 5.74) is 1.39. The number of hydrogen-bond donors (Lipinski definition) is 2. The Hall–Kier alpha value is -1.37. The van der Waals surface area contributed by atoms with Gasteiger partial charge in [0.25, 0.3) is 5.91 Å². The van der Waals surface area contributed by atoms with E-state index in [4.69, 9.17) is 0 Å². The third-order valence-corrected chi connectivity index (χ3v) is 5.92. The maximum Gasteiger partial charge on any atom is 0.308 e. The first-order valence-electron chi connectivity index (χ1n) is 7.82. The van der Waals surface area contributed by atoms with Gasteiger partial charge in [-0.2, -0.15) is 5.10 Å². The second kappa shape index (κ2) is 5.08. The van der Waals surface area contributed by atoms with Crippen molar-refractivity contribution in [3.63, 3.8) is 0 Å². The molecule has 0 aromatic carbocycles. The van der Waals surface area contributed by atoms with Crippen LogP contribution in [-0.2, 0) is 4.79 Å². The van der Waals surface area contributed by atoms with E-state index in [0.29, 0.717) is 30.6 Å². The molecule has 0 spiro atoms. The Labute approximate surface area is 136 Å². The number of nitrogens with one attached hydrogen (secondary N) is 1. The SMILES string of the molecule is O=C(O)[C@H]1CN(C(=O)c2n[nH]c(C3CC3)c2Br)C[C@@H]1C1CC1. The molecule has 4 rings (SSSR count). The maximum atomic E-state index is 12.7. The molecular formula is C15H18BrN3O3. The lowest BCUT2D eigenvalue weighted by atomic mass is 9.92. The summed E-state index contributed by atoms with van der Waals surface area (Å²) in [5, 5.41) is 16.5. The van der Waals surface area contributed by atoms with Crippen LogP contribution < -0.4 is 0 Å². The van der Waals surface area contributed by atoms with E-state index in [0.717, 1.165) is 35.8 Å². The fraction of sp³-hybridized carbons (Fsp3) is 0.667. The minimum Gasteiger partial charge on any atom is -0.481 e. The van der Waals surface area contributed by atoms with Gasteiger partial charge in [0.05, 0.1) is 16.1 Å². The van der Waals surface area contributed by atoms with Crippen molar-refractivity contribution >= 4 is 27.8 Å². The van der Waals surface area contributed by atoms with E-state index in [1.165, 1.54) is 0 Å². The van der Waals surface area contributed by atoms with Crippen LogP contribution in [0.1, 0.15) is 47.8 Å². The number of carboxylic acid groups (broad SMARTS) is 1. The highest BCUT2D eigenvalue weighted by Crippen LogP contribution is 2.45. The first-order valence-corrected chi connectivity index (χ1v) is 8.61. The number of rotatable bonds is 4. The Morgan fingerprint density at radius 2 is 1.95 bits per heavy atom. The first-order chi connectivity index (χ1) is 10.6. The number of carbonyl (C=O) groups is 2. The average molecular weight is 368 g/mol. The molecule has 1 aromatic heterocycles. The van der Waals surface area contributed by atoms with Crippen LogP contribution in [0, 0.1) is 17.8 Å². The molecule has 22 heavy (non-hydrogen) atoms. The van der Waals surface area contributed by atoms with Crippen molar-refractivity contribution in [1.29, 1.82) is 0 Å². The normalized spacial score (nSPS) is 28.1. The van der Waals surface area contributed by atoms with Crippen molar-refractivity contribution < 1.29 is 14.7 Å². The van der Waals surface area contributed by atoms with Crippen molar-refractivity contribution in [2.24, 2.45) is 17.8 Å². The molecule has 3 aliphatic rings. The van der Waals surface area contributed by atoms with Gasteiger partial charge in [-0.15, -0.1) is 0 Å². The topological polar surface area (TPSA) is 86.3 Å². The molecule has 1 amide bonds. The summed E-state index contributed by atoms with van der Waals surface area (Å²) in [7, 11) is 0. The lowest BCUT2D eigenvalue weighted by Gasteiger charge is -2.15. The van der Waals surface area contributed by atoms with Crippen LogP contribution in [0.3, 0.4) is 0 Å². The summed E-state index contributed by atoms with van der Waals surface area (Å²) in [6, 6.07) is 0. The van der Waals surface area contributed by atoms with Crippen molar-refractivity contribution in [1.82, 2.24) is 15.1 Å². The van der Waals surface area contributed by atoms with Gasteiger partial charge in [0.1, 0.15) is 0 Å². The van der Waals surface area contributed by atoms with E-state index in [9.17, 15) is 14.7 Å². The van der Waals surface area contributed by atoms with Gasteiger partial charge in [0.2, 0.25) is 0 Å². The lowest BCUT2D eigenvalue weighted by Crippen LogP contribution is -2.30. The number of halogens is 1. The molecule has 118 valence electrons. The number of aliphatic carboxylic acids is 1. The zero-order valence-corrected chi connectivity index (χ0v) is 13.7. The van der Waals surface area contributed by atoms with Crippen LogP contribution in [0.15, 0.2) is 4.47 Å². The van der Waals surface area contributed by atoms with Gasteiger partial charge in [0.15, 0.2) is 5.69 Å². The van der Waals surface area contributed by atoms with Gasteiger partial charge < -0.3 is 10.0 Å². The monoisotopic (exact) mass is 367 g/mol. The zero-order valence-electron chi connectivity index (χ0n) is 12.1. The van der Waals surface area contributed by atoms with E-state index in [1.807, 2.05) is 0 Å². The van der Waals surface area contributed by atoms with E-state index in [2.05, 4.69) is 26.1 Å². The Kier molecular flexibility index (Phi) is 3.29. The largest absolute Gasteiger partial charge is 0.481 e. The maximum absolute atomic E-state index is 12.7. The zero-order chi connectivity index (χ0) is 15.4. The summed E-state index contributed by atoms with van der Waals surface area (Å²) in [6.07, 6.45) is 4.44. The summed E-state index contributed by atoms with van der Waals surface area (Å²) in [6.45, 7) is 0.839. The van der Waals surface area contributed by atoms with Gasteiger partial charge in [-0.3, -0.25) is 14.7 Å². The Morgan fingerprint density at radius 3 is 2.55 bits per heavy atom. The molecule has 0 radical (unpaired) electrons. The Balaban J connectivity index is 1.54. The minimum absolute atomic E-state index is 0.0991. The second-order valence-corrected chi connectivity index (χ2v) is 7.52. The van der Waals surface area contributed by atoms with Crippen LogP contribution in [0.5, 0.6) is 0 Å². The number of likely N-dealkylation sites (tertiary alicyclic amines) is 1. The summed E-state index contributed by atoms with van der Waals surface area (Å²) in [5.74, 6) is -0.327. The molecule has 2 saturated carbocycles. The fourth-order valence-electron chi connectivity index (χ4n) is 3.53. The van der Waals surface area contributed by atoms with E-state index < -0.39 is 11.9 Å². The molecule has 2 heterocycles. The van der Waals surface area contributed by atoms with Crippen molar-refractivity contribution in [2.75, 3.05) is 13.1 Å². The quantitative estimate of drug-likeness (QED) is 0.854. The number of aromatic nitrogens is 2. The molecule has 0 bridgehead atoms. The predicted octanol–water partition coefficient (Wildman–Crippen LogP) is 2.23. The fourth-order valence-corrected chi connectivity index (χ4v) is 4.20. The van der Waals surface area contributed by atoms with E-state index >= 15 is 0 Å². The van der Waals surface area contributed by atoms with Crippen molar-refractivity contribution in [3.05, 3.63) is 15.9 Å². The number of carbonyl (C=O) groups excluding carboxylic acids is 1. The molecule has 2 aliphatic carbocycles. The third kappa shape index (κ3) is 2.35. The number of aromatic amines is 1. The van der Waals surface area contributed by atoms with Gasteiger partial charge >= 0.3 is 5.97 Å². The number of nitrogens with zero attached hydrogens (tertiary/aromatic N) is 2.